The van der Waals surface area contributed by atoms with E-state index >= 15 is 0 Å². The van der Waals surface area contributed by atoms with Gasteiger partial charge in [0.2, 0.25) is 5.91 Å². The number of amides is 3. The molecule has 6 nitrogen and oxygen atoms in total. The Morgan fingerprint density at radius 3 is 2.80 bits per heavy atom. The maximum Gasteiger partial charge on any atom is 0.319 e. The first-order valence-corrected chi connectivity index (χ1v) is 8.25. The molecule has 0 saturated carbocycles. The van der Waals surface area contributed by atoms with Crippen LogP contribution in [0.4, 0.5) is 16.2 Å². The highest BCUT2D eigenvalue weighted by Gasteiger charge is 2.20. The standard InChI is InChI=1S/C19H21N3O3/c1-22-16-13-14(7-8-17(16)25-12-10-18(22)23)9-11-20-19(24)21-15-5-3-2-4-6-15/h2-8,13H,9-12H2,1H3,(H2,20,21,24). The van der Waals surface area contributed by atoms with Crippen LogP contribution in [0.3, 0.4) is 0 Å². The van der Waals surface area contributed by atoms with E-state index in [0.717, 1.165) is 16.9 Å². The molecule has 0 radical (unpaired) electrons. The van der Waals surface area contributed by atoms with Crippen molar-refractivity contribution >= 4 is 23.3 Å². The van der Waals surface area contributed by atoms with E-state index in [-0.39, 0.29) is 11.9 Å². The monoisotopic (exact) mass is 339 g/mol. The molecule has 0 bridgehead atoms. The third-order valence-corrected chi connectivity index (χ3v) is 4.06. The normalized spacial score (nSPS) is 13.5. The van der Waals surface area contributed by atoms with Crippen LogP contribution in [0.1, 0.15) is 12.0 Å². The van der Waals surface area contributed by atoms with Gasteiger partial charge in [-0.25, -0.2) is 4.79 Å². The summed E-state index contributed by atoms with van der Waals surface area (Å²) in [7, 11) is 1.76. The van der Waals surface area contributed by atoms with Crippen LogP contribution in [0.2, 0.25) is 0 Å². The molecule has 0 saturated heterocycles. The number of fused-ring (bicyclic) bond motifs is 1. The van der Waals surface area contributed by atoms with Crippen LogP contribution in [0.5, 0.6) is 5.75 Å². The van der Waals surface area contributed by atoms with Crippen molar-refractivity contribution in [1.82, 2.24) is 5.32 Å². The SMILES string of the molecule is CN1C(=O)CCOc2ccc(CCNC(=O)Nc3ccccc3)cc21. The molecule has 25 heavy (non-hydrogen) atoms. The molecule has 6 heteroatoms. The van der Waals surface area contributed by atoms with Crippen molar-refractivity contribution in [3.05, 3.63) is 54.1 Å². The number of carbonyl (C=O) groups is 2. The Morgan fingerprint density at radius 1 is 1.20 bits per heavy atom. The molecule has 0 aliphatic carbocycles. The molecule has 3 amide bonds. The fourth-order valence-electron chi connectivity index (χ4n) is 2.67. The Kier molecular flexibility index (Phi) is 5.18. The lowest BCUT2D eigenvalue weighted by atomic mass is 10.1. The summed E-state index contributed by atoms with van der Waals surface area (Å²) in [6.07, 6.45) is 1.04. The molecule has 0 atom stereocenters. The average molecular weight is 339 g/mol. The number of anilines is 2. The number of hydrogen-bond acceptors (Lipinski definition) is 3. The van der Waals surface area contributed by atoms with Crippen molar-refractivity contribution in [2.45, 2.75) is 12.8 Å². The van der Waals surface area contributed by atoms with Gasteiger partial charge in [-0.3, -0.25) is 4.79 Å². The lowest BCUT2D eigenvalue weighted by Crippen LogP contribution is -2.30. The molecule has 2 aromatic rings. The van der Waals surface area contributed by atoms with Gasteiger partial charge < -0.3 is 20.3 Å². The maximum atomic E-state index is 11.9. The summed E-state index contributed by atoms with van der Waals surface area (Å²) < 4.78 is 5.61. The summed E-state index contributed by atoms with van der Waals surface area (Å²) in [5.74, 6) is 0.753. The number of carbonyl (C=O) groups excluding carboxylic acids is 2. The van der Waals surface area contributed by atoms with Gasteiger partial charge in [0, 0.05) is 19.3 Å². The molecular formula is C19H21N3O3. The summed E-state index contributed by atoms with van der Waals surface area (Å²) in [5, 5.41) is 5.61. The fourth-order valence-corrected chi connectivity index (χ4v) is 2.67. The van der Waals surface area contributed by atoms with E-state index in [4.69, 9.17) is 4.74 Å². The minimum absolute atomic E-state index is 0.0382. The minimum Gasteiger partial charge on any atom is -0.491 e. The molecule has 2 N–H and O–H groups in total. The average Bonchev–Trinajstić information content (AvgIpc) is 2.75. The summed E-state index contributed by atoms with van der Waals surface area (Å²) in [6, 6.07) is 14.8. The Balaban J connectivity index is 1.56. The second-order valence-corrected chi connectivity index (χ2v) is 5.85. The van der Waals surface area contributed by atoms with Crippen LogP contribution in [-0.2, 0) is 11.2 Å². The van der Waals surface area contributed by atoms with Gasteiger partial charge in [-0.1, -0.05) is 24.3 Å². The minimum atomic E-state index is -0.239. The zero-order chi connectivity index (χ0) is 17.6. The van der Waals surface area contributed by atoms with Gasteiger partial charge >= 0.3 is 6.03 Å². The summed E-state index contributed by atoms with van der Waals surface area (Å²) in [5.41, 5.74) is 2.56. The number of para-hydroxylation sites is 1. The quantitative estimate of drug-likeness (QED) is 0.900. The molecule has 130 valence electrons. The fraction of sp³-hybridized carbons (Fsp3) is 0.263. The number of ether oxygens (including phenoxy) is 1. The number of rotatable bonds is 4. The van der Waals surface area contributed by atoms with Gasteiger partial charge in [0.05, 0.1) is 18.7 Å². The molecule has 1 aliphatic rings. The third kappa shape index (κ3) is 4.29. The van der Waals surface area contributed by atoms with E-state index in [1.807, 2.05) is 48.5 Å². The van der Waals surface area contributed by atoms with Gasteiger partial charge in [-0.15, -0.1) is 0 Å². The van der Waals surface area contributed by atoms with Crippen molar-refractivity contribution in [1.29, 1.82) is 0 Å². The van der Waals surface area contributed by atoms with Gasteiger partial charge in [0.15, 0.2) is 0 Å². The Morgan fingerprint density at radius 2 is 2.00 bits per heavy atom. The molecular weight excluding hydrogens is 318 g/mol. The molecule has 1 aliphatic heterocycles. The second-order valence-electron chi connectivity index (χ2n) is 5.85. The van der Waals surface area contributed by atoms with E-state index in [1.165, 1.54) is 0 Å². The van der Waals surface area contributed by atoms with E-state index in [2.05, 4.69) is 10.6 Å². The highest BCUT2D eigenvalue weighted by atomic mass is 16.5. The van der Waals surface area contributed by atoms with Crippen LogP contribution in [-0.4, -0.2) is 32.1 Å². The Labute approximate surface area is 146 Å². The number of benzene rings is 2. The molecule has 3 rings (SSSR count). The molecule has 0 fully saturated rings. The summed E-state index contributed by atoms with van der Waals surface area (Å²) >= 11 is 0. The summed E-state index contributed by atoms with van der Waals surface area (Å²) in [6.45, 7) is 0.896. The Hall–Kier alpha value is -3.02. The van der Waals surface area contributed by atoms with E-state index in [0.29, 0.717) is 31.7 Å². The van der Waals surface area contributed by atoms with Crippen LogP contribution in [0.15, 0.2) is 48.5 Å². The van der Waals surface area contributed by atoms with Gasteiger partial charge in [0.25, 0.3) is 0 Å². The van der Waals surface area contributed by atoms with Crippen molar-refractivity contribution in [2.75, 3.05) is 30.4 Å². The molecule has 2 aromatic carbocycles. The van der Waals surface area contributed by atoms with E-state index in [1.54, 1.807) is 11.9 Å². The van der Waals surface area contributed by atoms with Crippen LogP contribution >= 0.6 is 0 Å². The zero-order valence-electron chi connectivity index (χ0n) is 14.1. The van der Waals surface area contributed by atoms with E-state index in [9.17, 15) is 9.59 Å². The number of urea groups is 1. The van der Waals surface area contributed by atoms with Crippen molar-refractivity contribution in [3.63, 3.8) is 0 Å². The largest absolute Gasteiger partial charge is 0.491 e. The molecule has 0 aromatic heterocycles. The van der Waals surface area contributed by atoms with Crippen molar-refractivity contribution in [2.24, 2.45) is 0 Å². The summed E-state index contributed by atoms with van der Waals surface area (Å²) in [4.78, 5) is 25.5. The zero-order valence-corrected chi connectivity index (χ0v) is 14.1. The van der Waals surface area contributed by atoms with Crippen LogP contribution in [0.25, 0.3) is 0 Å². The lowest BCUT2D eigenvalue weighted by Gasteiger charge is -2.17. The molecule has 1 heterocycles. The van der Waals surface area contributed by atoms with Crippen molar-refractivity contribution < 1.29 is 14.3 Å². The highest BCUT2D eigenvalue weighted by Crippen LogP contribution is 2.31. The van der Waals surface area contributed by atoms with Crippen LogP contribution < -0.4 is 20.3 Å². The lowest BCUT2D eigenvalue weighted by molar-refractivity contribution is -0.118. The Bertz CT molecular complexity index is 762. The first kappa shape index (κ1) is 16.8. The highest BCUT2D eigenvalue weighted by molar-refractivity contribution is 5.95. The predicted molar refractivity (Wildman–Crippen MR) is 97.1 cm³/mol. The van der Waals surface area contributed by atoms with Gasteiger partial charge in [0.1, 0.15) is 5.75 Å². The number of nitrogens with one attached hydrogen (secondary N) is 2. The second kappa shape index (κ2) is 7.70. The maximum absolute atomic E-state index is 11.9. The molecule has 0 spiro atoms. The first-order chi connectivity index (χ1) is 12.1. The van der Waals surface area contributed by atoms with Crippen molar-refractivity contribution in [3.8, 4) is 5.75 Å². The number of nitrogens with zero attached hydrogens (tertiary/aromatic N) is 1. The number of hydrogen-bond donors (Lipinski definition) is 2. The third-order valence-electron chi connectivity index (χ3n) is 4.06. The van der Waals surface area contributed by atoms with E-state index < -0.39 is 0 Å². The molecule has 0 unspecified atom stereocenters. The predicted octanol–water partition coefficient (Wildman–Crippen LogP) is 2.80. The van der Waals surface area contributed by atoms with Gasteiger partial charge in [-0.2, -0.15) is 0 Å². The first-order valence-electron chi connectivity index (χ1n) is 8.25. The van der Waals surface area contributed by atoms with Gasteiger partial charge in [-0.05, 0) is 36.2 Å². The smallest absolute Gasteiger partial charge is 0.319 e. The van der Waals surface area contributed by atoms with Crippen LogP contribution in [0, 0.1) is 0 Å². The topological polar surface area (TPSA) is 70.7 Å².